The van der Waals surface area contributed by atoms with E-state index in [4.69, 9.17) is 15.4 Å². The van der Waals surface area contributed by atoms with Crippen molar-refractivity contribution in [2.75, 3.05) is 39.0 Å². The second-order valence-electron chi connectivity index (χ2n) is 18.7. The molecular weight excluding hydrogens is 997 g/mol. The van der Waals surface area contributed by atoms with Crippen molar-refractivity contribution in [3.63, 3.8) is 0 Å². The van der Waals surface area contributed by atoms with Gasteiger partial charge in [0.05, 0.1) is 71.4 Å². The first-order chi connectivity index (χ1) is 35.0. The maximum absolute atomic E-state index is 14.9. The highest BCUT2D eigenvalue weighted by atomic mass is 32.2. The lowest BCUT2D eigenvalue weighted by Gasteiger charge is -2.36. The van der Waals surface area contributed by atoms with Crippen LogP contribution < -0.4 is 43.0 Å². The van der Waals surface area contributed by atoms with Crippen molar-refractivity contribution in [2.45, 2.75) is 126 Å². The number of Topliss-reactive ketones (excluding diaryl/α,β-unsaturated/α-hetero) is 1. The number of nitrogens with zero attached hydrogens (tertiary/aromatic N) is 1. The highest BCUT2D eigenvalue weighted by Crippen LogP contribution is 2.31. The van der Waals surface area contributed by atoms with E-state index >= 15 is 0 Å². The Balaban J connectivity index is 1.69. The van der Waals surface area contributed by atoms with Gasteiger partial charge >= 0.3 is 5.97 Å². The van der Waals surface area contributed by atoms with E-state index in [1.807, 2.05) is 0 Å². The lowest BCUT2D eigenvalue weighted by molar-refractivity contribution is -0.298. The van der Waals surface area contributed by atoms with E-state index in [2.05, 4.69) is 42.2 Å². The van der Waals surface area contributed by atoms with E-state index in [1.54, 1.807) is 13.8 Å². The van der Waals surface area contributed by atoms with Crippen LogP contribution in [0, 0.1) is 17.8 Å². The number of primary amides is 1. The standard InChI is InChI=1S/C46H66N10O17S/c1-5-21(2)39-42(67)50-16-36(63)51-30-20-74(71)45-27(26-10-9-24(57)13-28(26)53-45)15-29(41(66)49-17-37(64)54-39)52-43(68)40(22(3)33(60)19-72-38(65)8-6-7-35(62)48-4)55-44(73-70)31-14-25(58)18-56(31)46(69)23(11-32(30)59)12-34(47)61/h9-10,13,21-23,25,29-31,33,39-40,44,53,55,57-58,60,70H,5-8,11-12,14-20H2,1-4H3,(H2,47,61)(H,48,62)(H,49,66)(H,50,67)(H,51,63)(H,52,68)(H,54,64). The van der Waals surface area contributed by atoms with Crippen LogP contribution in [0.15, 0.2) is 23.2 Å². The molecule has 5 rings (SSSR count). The Kier molecular flexibility index (Phi) is 20.9. The van der Waals surface area contributed by atoms with Gasteiger partial charge < -0.3 is 67.6 Å². The molecule has 4 heterocycles. The number of amides is 8. The minimum absolute atomic E-state index is 0.000547. The summed E-state index contributed by atoms with van der Waals surface area (Å²) in [6.07, 6.45) is -7.16. The Labute approximate surface area is 426 Å². The van der Waals surface area contributed by atoms with Crippen LogP contribution in [0.4, 0.5) is 0 Å². The molecular formula is C46H66N10O17S. The number of aliphatic hydroxyl groups is 2. The van der Waals surface area contributed by atoms with Gasteiger partial charge in [-0.3, -0.25) is 62.7 Å². The summed E-state index contributed by atoms with van der Waals surface area (Å²) in [4.78, 5) is 145. The molecule has 3 aliphatic heterocycles. The number of carbonyl (C=O) groups excluding carboxylic acids is 10. The first-order valence-corrected chi connectivity index (χ1v) is 25.4. The van der Waals surface area contributed by atoms with Crippen LogP contribution in [0.25, 0.3) is 10.9 Å². The van der Waals surface area contributed by atoms with Crippen LogP contribution >= 0.6 is 0 Å². The van der Waals surface area contributed by atoms with E-state index < -0.39 is 182 Å². The lowest BCUT2D eigenvalue weighted by Crippen LogP contribution is -2.62. The van der Waals surface area contributed by atoms with Gasteiger partial charge in [0.15, 0.2) is 12.0 Å². The minimum atomic E-state index is -2.39. The van der Waals surface area contributed by atoms with Crippen molar-refractivity contribution in [2.24, 2.45) is 23.5 Å². The summed E-state index contributed by atoms with van der Waals surface area (Å²) < 4.78 is 20.0. The molecule has 14 N–H and O–H groups in total. The summed E-state index contributed by atoms with van der Waals surface area (Å²) in [7, 11) is -0.964. The maximum atomic E-state index is 14.9. The largest absolute Gasteiger partial charge is 0.508 e. The van der Waals surface area contributed by atoms with Crippen molar-refractivity contribution < 1.29 is 82.4 Å². The molecule has 3 aliphatic rings. The number of rotatable bonds is 13. The number of phenols is 1. The predicted octanol–water partition coefficient (Wildman–Crippen LogP) is -4.07. The van der Waals surface area contributed by atoms with Crippen molar-refractivity contribution in [1.82, 2.24) is 47.1 Å². The summed E-state index contributed by atoms with van der Waals surface area (Å²) in [6, 6.07) is -3.99. The van der Waals surface area contributed by atoms with Crippen molar-refractivity contribution in [1.29, 1.82) is 0 Å². The van der Waals surface area contributed by atoms with E-state index in [-0.39, 0.29) is 58.8 Å². The second-order valence-corrected chi connectivity index (χ2v) is 20.2. The minimum Gasteiger partial charge on any atom is -0.508 e. The van der Waals surface area contributed by atoms with Gasteiger partial charge in [0.1, 0.15) is 29.5 Å². The number of aromatic hydroxyl groups is 1. The van der Waals surface area contributed by atoms with Gasteiger partial charge in [0, 0.05) is 63.1 Å². The third-order valence-corrected chi connectivity index (χ3v) is 14.8. The second kappa shape index (κ2) is 26.6. The quantitative estimate of drug-likeness (QED) is 0.0515. The van der Waals surface area contributed by atoms with Crippen LogP contribution in [-0.2, 0) is 74.8 Å². The number of hydrogen-bond donors (Lipinski definition) is 13. The Morgan fingerprint density at radius 1 is 0.932 bits per heavy atom. The molecule has 0 aliphatic carbocycles. The first-order valence-electron chi connectivity index (χ1n) is 24.1. The zero-order valence-electron chi connectivity index (χ0n) is 41.3. The van der Waals surface area contributed by atoms with E-state index in [1.165, 1.54) is 32.2 Å². The van der Waals surface area contributed by atoms with Crippen molar-refractivity contribution >= 4 is 80.7 Å². The molecule has 12 atom stereocenters. The summed E-state index contributed by atoms with van der Waals surface area (Å²) in [6.45, 7) is 1.96. The number of benzene rings is 1. The topological polar surface area (TPSA) is 416 Å². The molecule has 8 amide bonds. The normalized spacial score (nSPS) is 27.3. The first kappa shape index (κ1) is 58.3. The summed E-state index contributed by atoms with van der Waals surface area (Å²) in [5.74, 6) is -13.4. The molecule has 27 nitrogen and oxygen atoms in total. The molecule has 1 aromatic carbocycles. The fourth-order valence-corrected chi connectivity index (χ4v) is 10.4. The van der Waals surface area contributed by atoms with E-state index in [9.17, 15) is 72.7 Å². The number of hydrogen-bond acceptors (Lipinski definition) is 18. The average molecular weight is 1060 g/mol. The third-order valence-electron chi connectivity index (χ3n) is 13.4. The van der Waals surface area contributed by atoms with Crippen molar-refractivity contribution in [3.8, 4) is 5.75 Å². The number of ether oxygens (including phenoxy) is 1. The van der Waals surface area contributed by atoms with E-state index in [0.29, 0.717) is 6.42 Å². The SMILES string of the molecule is CCC(C)C1NC(=O)CNC(=O)C2Cc3c([nH]c4cc(O)ccc34)S(=O)CC(NC(=O)CNC1=O)C(=O)CC(CC(N)=O)C(=O)N1CC(O)CC1C(OO)NC(C(C)C(O)COC(=O)CCCC(=O)NC)C(=O)N2. The Morgan fingerprint density at radius 3 is 2.28 bits per heavy atom. The number of nitrogens with one attached hydrogen (secondary N) is 8. The molecule has 28 heteroatoms. The molecule has 2 bridgehead atoms. The molecule has 408 valence electrons. The molecule has 1 aromatic heterocycles. The molecule has 74 heavy (non-hydrogen) atoms. The Bertz CT molecular complexity index is 2470. The van der Waals surface area contributed by atoms with Crippen LogP contribution in [0.1, 0.15) is 71.3 Å². The van der Waals surface area contributed by atoms with E-state index in [0.717, 1.165) is 4.90 Å². The van der Waals surface area contributed by atoms with Crippen LogP contribution in [0.2, 0.25) is 0 Å². The Morgan fingerprint density at radius 2 is 1.62 bits per heavy atom. The zero-order valence-corrected chi connectivity index (χ0v) is 42.1. The lowest BCUT2D eigenvalue weighted by atomic mass is 9.92. The highest BCUT2D eigenvalue weighted by Gasteiger charge is 2.46. The zero-order chi connectivity index (χ0) is 54.6. The molecule has 0 saturated carbocycles. The fraction of sp³-hybridized carbons (Fsp3) is 0.609. The number of carbonyl (C=O) groups is 10. The number of ketones is 1. The summed E-state index contributed by atoms with van der Waals surface area (Å²) in [5, 5.41) is 61.2. The third kappa shape index (κ3) is 15.2. The molecule has 12 unspecified atom stereocenters. The number of nitrogens with two attached hydrogens (primary N) is 1. The molecule has 1 fully saturated rings. The van der Waals surface area contributed by atoms with Crippen LogP contribution in [0.5, 0.6) is 5.75 Å². The van der Waals surface area contributed by atoms with Gasteiger partial charge in [0.25, 0.3) is 0 Å². The van der Waals surface area contributed by atoms with Crippen LogP contribution in [0.3, 0.4) is 0 Å². The Hall–Kier alpha value is -6.59. The smallest absolute Gasteiger partial charge is 0.305 e. The molecule has 1 saturated heterocycles. The molecule has 0 radical (unpaired) electrons. The molecule has 2 aromatic rings. The number of H-pyrrole nitrogens is 1. The molecule has 0 spiro atoms. The van der Waals surface area contributed by atoms with Gasteiger partial charge in [-0.25, -0.2) is 4.89 Å². The van der Waals surface area contributed by atoms with Gasteiger partial charge in [-0.1, -0.05) is 27.2 Å². The van der Waals surface area contributed by atoms with Gasteiger partial charge in [-0.15, -0.1) is 0 Å². The number of aromatic amines is 1. The predicted molar refractivity (Wildman–Crippen MR) is 258 cm³/mol. The monoisotopic (exact) mass is 1060 g/mol. The number of phenolic OH excluding ortho intramolecular Hbond substituents is 1. The van der Waals surface area contributed by atoms with Crippen molar-refractivity contribution in [3.05, 3.63) is 23.8 Å². The van der Waals surface area contributed by atoms with Gasteiger partial charge in [-0.2, -0.15) is 0 Å². The number of fused-ring (bicyclic) bond motifs is 5. The highest BCUT2D eigenvalue weighted by molar-refractivity contribution is 7.85. The summed E-state index contributed by atoms with van der Waals surface area (Å²) >= 11 is 0. The summed E-state index contributed by atoms with van der Waals surface area (Å²) in [5.41, 5.74) is 5.82. The number of aromatic nitrogens is 1. The maximum Gasteiger partial charge on any atom is 0.305 e. The average Bonchev–Trinajstić information content (AvgIpc) is 3.93. The van der Waals surface area contributed by atoms with Crippen LogP contribution in [-0.4, -0.2) is 181 Å². The van der Waals surface area contributed by atoms with Gasteiger partial charge in [-0.05, 0) is 36.5 Å². The fourth-order valence-electron chi connectivity index (χ4n) is 8.97. The number of esters is 1. The van der Waals surface area contributed by atoms with Gasteiger partial charge in [0.2, 0.25) is 47.3 Å². The number of aliphatic hydroxyl groups excluding tert-OH is 2.